The fourth-order valence-electron chi connectivity index (χ4n) is 3.09. The third-order valence-electron chi connectivity index (χ3n) is 4.09. The normalized spacial score (nSPS) is 12.1. The van der Waals surface area contributed by atoms with E-state index in [0.717, 1.165) is 9.50 Å². The van der Waals surface area contributed by atoms with E-state index in [1.165, 1.54) is 27.4 Å². The van der Waals surface area contributed by atoms with Gasteiger partial charge in [0.2, 0.25) is 0 Å². The number of amides is 1. The van der Waals surface area contributed by atoms with Crippen LogP contribution in [0.15, 0.2) is 34.8 Å². The van der Waals surface area contributed by atoms with E-state index < -0.39 is 5.60 Å². The summed E-state index contributed by atoms with van der Waals surface area (Å²) >= 11 is 9.74. The van der Waals surface area contributed by atoms with E-state index >= 15 is 0 Å². The van der Waals surface area contributed by atoms with Gasteiger partial charge in [0.1, 0.15) is 0 Å². The Morgan fingerprint density at radius 1 is 1.26 bits per heavy atom. The van der Waals surface area contributed by atoms with Gasteiger partial charge in [0.05, 0.1) is 0 Å². The van der Waals surface area contributed by atoms with Gasteiger partial charge >= 0.3 is 184 Å². The molecule has 0 spiro atoms. The number of carbonyl (C=O) groups is 1. The summed E-state index contributed by atoms with van der Waals surface area (Å²) in [6, 6.07) is 10.3. The molecule has 2 aromatic carbocycles. The van der Waals surface area contributed by atoms with Gasteiger partial charge in [-0.3, -0.25) is 0 Å². The van der Waals surface area contributed by atoms with Gasteiger partial charge in [0.25, 0.3) is 0 Å². The molecule has 0 fully saturated rings. The Hall–Kier alpha value is -0.990. The zero-order valence-corrected chi connectivity index (χ0v) is 20.2. The molecule has 0 aliphatic rings. The molecule has 1 heterocycles. The molecule has 27 heavy (non-hydrogen) atoms. The van der Waals surface area contributed by atoms with Gasteiger partial charge in [-0.1, -0.05) is 0 Å². The quantitative estimate of drug-likeness (QED) is 0.392. The van der Waals surface area contributed by atoms with Crippen LogP contribution < -0.4 is 26.8 Å². The second-order valence-electron chi connectivity index (χ2n) is 7.21. The molecule has 1 amide bonds. The van der Waals surface area contributed by atoms with E-state index in [4.69, 9.17) is 16.3 Å². The van der Waals surface area contributed by atoms with Crippen LogP contribution in [0, 0.1) is 0 Å². The molecule has 4 nitrogen and oxygen atoms in total. The van der Waals surface area contributed by atoms with Crippen LogP contribution in [0.1, 0.15) is 26.3 Å². The van der Waals surface area contributed by atoms with Crippen LogP contribution in [0.2, 0.25) is 5.02 Å². The molecular weight excluding hydrogens is 542 g/mol. The van der Waals surface area contributed by atoms with Crippen molar-refractivity contribution in [3.63, 3.8) is 0 Å². The Bertz CT molecular complexity index is 1010. The van der Waals surface area contributed by atoms with E-state index in [1.807, 2.05) is 32.9 Å². The number of hydrogen-bond acceptors (Lipinski definition) is 2. The molecule has 0 aliphatic carbocycles. The van der Waals surface area contributed by atoms with Crippen LogP contribution in [0.4, 0.5) is 4.79 Å². The van der Waals surface area contributed by atoms with Crippen LogP contribution in [-0.4, -0.2) is 26.0 Å². The summed E-state index contributed by atoms with van der Waals surface area (Å²) in [7, 11) is 0. The third kappa shape index (κ3) is 4.54. The number of alkyl carbamates (subject to hydrolysis) is 1. The molecule has 3 aromatic rings. The molecule has 7 heteroatoms. The van der Waals surface area contributed by atoms with Crippen LogP contribution in [0.25, 0.3) is 21.8 Å². The number of aromatic nitrogens is 1. The van der Waals surface area contributed by atoms with Gasteiger partial charge in [-0.2, -0.15) is 0 Å². The zero-order chi connectivity index (χ0) is 19.8. The molecule has 3 rings (SSSR count). The summed E-state index contributed by atoms with van der Waals surface area (Å²) in [6.45, 7) is 6.09. The average molecular weight is 565 g/mol. The number of nitrogens with zero attached hydrogens (tertiary/aromatic N) is 1. The summed E-state index contributed by atoms with van der Waals surface area (Å²) in [6.07, 6.45) is 0.325. The third-order valence-corrected chi connectivity index (χ3v) is 7.04. The second-order valence-corrected chi connectivity index (χ2v) is 10.4. The van der Waals surface area contributed by atoms with Crippen LogP contribution in [0.3, 0.4) is 0 Å². The van der Waals surface area contributed by atoms with Gasteiger partial charge < -0.3 is 0 Å². The monoisotopic (exact) mass is 563 g/mol. The molecule has 146 valence electrons. The van der Waals surface area contributed by atoms with Crippen molar-refractivity contribution in [3.8, 4) is 0 Å². The molecule has 0 aliphatic heterocycles. The number of fused-ring (bicyclic) bond motifs is 3. The summed E-state index contributed by atoms with van der Waals surface area (Å²) in [5.41, 5.74) is 3.13. The molecule has 1 aromatic heterocycles. The van der Waals surface area contributed by atoms with Crippen molar-refractivity contribution in [2.45, 2.75) is 32.8 Å². The first-order valence-corrected chi connectivity index (χ1v) is 12.9. The predicted molar refractivity (Wildman–Crippen MR) is 111 cm³/mol. The van der Waals surface area contributed by atoms with Crippen molar-refractivity contribution in [2.75, 3.05) is 11.5 Å². The standard InChI is InChI=1S/C20H22BrClIN2O2/c1-20(2,3)27-19(26)24-10-9-14-16(21)7-6-13-15-11-12(22)5-8-17(15)25(23-4)18(13)14/h5-8,11H,9-10H2,1-4H3,(H,24,26)/q-1. The molecule has 1 N–H and O–H groups in total. The van der Waals surface area contributed by atoms with E-state index in [0.29, 0.717) is 13.0 Å². The number of nitrogens with one attached hydrogen (secondary N) is 1. The molecule has 0 unspecified atom stereocenters. The topological polar surface area (TPSA) is 43.3 Å². The number of hydrogen-bond donors (Lipinski definition) is 1. The fraction of sp³-hybridized carbons (Fsp3) is 0.350. The maximum atomic E-state index is 11.9. The summed E-state index contributed by atoms with van der Waals surface area (Å²) in [4.78, 5) is 14.2. The van der Waals surface area contributed by atoms with Crippen molar-refractivity contribution in [3.05, 3.63) is 45.4 Å². The van der Waals surface area contributed by atoms with Crippen molar-refractivity contribution in [1.29, 1.82) is 0 Å². The van der Waals surface area contributed by atoms with Crippen LogP contribution in [0.5, 0.6) is 0 Å². The Kier molecular flexibility index (Phi) is 6.27. The van der Waals surface area contributed by atoms with E-state index in [-0.39, 0.29) is 27.6 Å². The van der Waals surface area contributed by atoms with Crippen molar-refractivity contribution >= 4 is 55.4 Å². The van der Waals surface area contributed by atoms with Crippen molar-refractivity contribution < 1.29 is 31.0 Å². The first-order chi connectivity index (χ1) is 12.7. The summed E-state index contributed by atoms with van der Waals surface area (Å²) in [5.74, 6) is 0. The molecular formula is C20H22BrClIN2O2-. The average Bonchev–Trinajstić information content (AvgIpc) is 2.88. The molecule has 0 bridgehead atoms. The maximum absolute atomic E-state index is 11.9. The Morgan fingerprint density at radius 3 is 2.67 bits per heavy atom. The second kappa shape index (κ2) is 8.17. The van der Waals surface area contributed by atoms with E-state index in [9.17, 15) is 4.79 Å². The minimum atomic E-state index is -0.497. The Balaban J connectivity index is 1.96. The fourth-order valence-corrected chi connectivity index (χ4v) is 5.75. The van der Waals surface area contributed by atoms with Gasteiger partial charge in [-0.25, -0.2) is 0 Å². The number of rotatable bonds is 4. The number of halogens is 3. The van der Waals surface area contributed by atoms with Crippen LogP contribution >= 0.6 is 27.5 Å². The van der Waals surface area contributed by atoms with E-state index in [1.54, 1.807) is 0 Å². The molecule has 0 saturated heterocycles. The number of alkyl halides is 1. The number of ether oxygens (including phenoxy) is 1. The number of benzene rings is 2. The Labute approximate surface area is 183 Å². The van der Waals surface area contributed by atoms with Crippen molar-refractivity contribution in [2.24, 2.45) is 0 Å². The molecule has 0 atom stereocenters. The first kappa shape index (κ1) is 20.7. The predicted octanol–water partition coefficient (Wildman–Crippen LogP) is 2.76. The Morgan fingerprint density at radius 2 is 2.00 bits per heavy atom. The summed E-state index contributed by atoms with van der Waals surface area (Å²) in [5, 5.41) is 5.97. The van der Waals surface area contributed by atoms with Gasteiger partial charge in [0.15, 0.2) is 0 Å². The molecule has 0 saturated carbocycles. The number of carbonyl (C=O) groups excluding carboxylic acids is 1. The SMILES string of the molecule is C[I-]n1c2ccc(Cl)cc2c2ccc(Br)c(CCNC(=O)OC(C)(C)C)c21. The van der Waals surface area contributed by atoms with Gasteiger partial charge in [-0.15, -0.1) is 0 Å². The van der Waals surface area contributed by atoms with Gasteiger partial charge in [-0.05, 0) is 0 Å². The molecule has 0 radical (unpaired) electrons. The summed E-state index contributed by atoms with van der Waals surface area (Å²) < 4.78 is 8.78. The van der Waals surface area contributed by atoms with Crippen LogP contribution in [-0.2, 0) is 11.2 Å². The van der Waals surface area contributed by atoms with E-state index in [2.05, 4.69) is 47.2 Å². The zero-order valence-electron chi connectivity index (χ0n) is 15.7. The first-order valence-electron chi connectivity index (χ1n) is 8.59. The van der Waals surface area contributed by atoms with Gasteiger partial charge in [0, 0.05) is 0 Å². The van der Waals surface area contributed by atoms with Crippen molar-refractivity contribution in [1.82, 2.24) is 8.10 Å². The minimum absolute atomic E-state index is 0.204.